The monoisotopic (exact) mass is 374 g/mol. The van der Waals surface area contributed by atoms with Crippen molar-refractivity contribution in [1.29, 1.82) is 0 Å². The van der Waals surface area contributed by atoms with E-state index in [0.717, 1.165) is 35.6 Å². The van der Waals surface area contributed by atoms with Crippen LogP contribution in [0.2, 0.25) is 0 Å². The van der Waals surface area contributed by atoms with E-state index < -0.39 is 0 Å². The van der Waals surface area contributed by atoms with Crippen LogP contribution in [0.1, 0.15) is 55.5 Å². The van der Waals surface area contributed by atoms with E-state index in [-0.39, 0.29) is 17.9 Å². The van der Waals surface area contributed by atoms with E-state index in [4.69, 9.17) is 4.99 Å². The number of aromatic nitrogens is 2. The molecule has 5 rings (SSSR count). The number of hydrogen-bond acceptors (Lipinski definition) is 3. The molecule has 0 spiro atoms. The van der Waals surface area contributed by atoms with Crippen molar-refractivity contribution in [3.63, 3.8) is 0 Å². The number of rotatable bonds is 4. The molecule has 2 aliphatic rings. The van der Waals surface area contributed by atoms with Crippen molar-refractivity contribution >= 4 is 11.7 Å². The molecule has 2 aromatic carbocycles. The van der Waals surface area contributed by atoms with Crippen LogP contribution in [0.3, 0.4) is 0 Å². The number of halogens is 1. The van der Waals surface area contributed by atoms with Gasteiger partial charge >= 0.3 is 0 Å². The van der Waals surface area contributed by atoms with Crippen LogP contribution in [0, 0.1) is 5.82 Å². The summed E-state index contributed by atoms with van der Waals surface area (Å²) in [5.74, 6) is 1.58. The second-order valence-corrected chi connectivity index (χ2v) is 7.86. The molecular formula is C23H23FN4. The molecule has 28 heavy (non-hydrogen) atoms. The van der Waals surface area contributed by atoms with Crippen molar-refractivity contribution in [1.82, 2.24) is 14.7 Å². The second-order valence-electron chi connectivity index (χ2n) is 7.86. The summed E-state index contributed by atoms with van der Waals surface area (Å²) in [5.41, 5.74) is 3.31. The minimum absolute atomic E-state index is 0.0637. The van der Waals surface area contributed by atoms with Crippen molar-refractivity contribution in [2.75, 3.05) is 0 Å². The molecule has 1 aromatic heterocycles. The van der Waals surface area contributed by atoms with Crippen molar-refractivity contribution in [2.45, 2.75) is 44.8 Å². The zero-order valence-electron chi connectivity index (χ0n) is 16.1. The first kappa shape index (κ1) is 17.2. The van der Waals surface area contributed by atoms with Gasteiger partial charge in [-0.3, -0.25) is 0 Å². The average Bonchev–Trinajstić information content (AvgIpc) is 3.46. The van der Waals surface area contributed by atoms with E-state index in [9.17, 15) is 4.39 Å². The van der Waals surface area contributed by atoms with E-state index in [0.29, 0.717) is 6.04 Å². The molecule has 2 heterocycles. The second kappa shape index (κ2) is 6.59. The van der Waals surface area contributed by atoms with Crippen LogP contribution in [0.25, 0.3) is 0 Å². The van der Waals surface area contributed by atoms with Crippen LogP contribution in [0.15, 0.2) is 65.8 Å². The molecule has 1 aliphatic heterocycles. The third kappa shape index (κ3) is 2.82. The Labute approximate surface area is 164 Å². The molecule has 0 bridgehead atoms. The topological polar surface area (TPSA) is 33.4 Å². The molecule has 1 atom stereocenters. The summed E-state index contributed by atoms with van der Waals surface area (Å²) in [5, 5.41) is 4.65. The van der Waals surface area contributed by atoms with Crippen LogP contribution < -0.4 is 0 Å². The fraction of sp³-hybridized carbons (Fsp3) is 0.304. The Morgan fingerprint density at radius 3 is 2.36 bits per heavy atom. The summed E-state index contributed by atoms with van der Waals surface area (Å²) < 4.78 is 15.5. The van der Waals surface area contributed by atoms with Crippen LogP contribution in [-0.2, 0) is 0 Å². The first-order chi connectivity index (χ1) is 13.6. The summed E-state index contributed by atoms with van der Waals surface area (Å²) in [6.07, 6.45) is 4.27. The minimum Gasteiger partial charge on any atom is -0.342 e. The average molecular weight is 374 g/mol. The Morgan fingerprint density at radius 1 is 1.00 bits per heavy atom. The number of hydrogen-bond donors (Lipinski definition) is 0. The Kier molecular flexibility index (Phi) is 4.04. The Morgan fingerprint density at radius 2 is 1.71 bits per heavy atom. The van der Waals surface area contributed by atoms with Crippen molar-refractivity contribution in [3.05, 3.63) is 83.3 Å². The Bertz CT molecular complexity index is 1020. The third-order valence-corrected chi connectivity index (χ3v) is 5.47. The largest absolute Gasteiger partial charge is 0.342 e. The van der Waals surface area contributed by atoms with Gasteiger partial charge in [0.05, 0.1) is 12.2 Å². The maximum absolute atomic E-state index is 13.6. The van der Waals surface area contributed by atoms with E-state index in [1.807, 2.05) is 29.1 Å². The van der Waals surface area contributed by atoms with E-state index in [1.54, 1.807) is 0 Å². The van der Waals surface area contributed by atoms with Gasteiger partial charge in [-0.25, -0.2) is 14.1 Å². The van der Waals surface area contributed by atoms with Crippen LogP contribution in [0.4, 0.5) is 10.2 Å². The molecule has 0 radical (unpaired) electrons. The molecule has 1 unspecified atom stereocenters. The SMILES string of the molecule is CC(C)n1ncc2c1N=C(c1ccc(F)cc1)N(C1CC1)C2c1ccccc1. The highest BCUT2D eigenvalue weighted by Gasteiger charge is 2.42. The molecule has 1 aliphatic carbocycles. The highest BCUT2D eigenvalue weighted by atomic mass is 19.1. The number of nitrogens with zero attached hydrogens (tertiary/aromatic N) is 4. The fourth-order valence-corrected chi connectivity index (χ4v) is 4.01. The van der Waals surface area contributed by atoms with Gasteiger partial charge in [-0.15, -0.1) is 0 Å². The number of fused-ring (bicyclic) bond motifs is 1. The number of aliphatic imine (C=N–C) groups is 1. The predicted octanol–water partition coefficient (Wildman–Crippen LogP) is 5.25. The molecule has 0 N–H and O–H groups in total. The zero-order chi connectivity index (χ0) is 19.3. The van der Waals surface area contributed by atoms with Crippen LogP contribution in [-0.4, -0.2) is 26.6 Å². The first-order valence-corrected chi connectivity index (χ1v) is 9.89. The third-order valence-electron chi connectivity index (χ3n) is 5.47. The van der Waals surface area contributed by atoms with E-state index in [2.05, 4.69) is 48.1 Å². The normalized spacial score (nSPS) is 18.9. The maximum Gasteiger partial charge on any atom is 0.158 e. The molecule has 1 saturated carbocycles. The van der Waals surface area contributed by atoms with Gasteiger partial charge in [0.2, 0.25) is 0 Å². The molecule has 4 nitrogen and oxygen atoms in total. The summed E-state index contributed by atoms with van der Waals surface area (Å²) in [4.78, 5) is 7.48. The quantitative estimate of drug-likeness (QED) is 0.625. The van der Waals surface area contributed by atoms with Gasteiger partial charge in [-0.2, -0.15) is 5.10 Å². The van der Waals surface area contributed by atoms with Gasteiger partial charge in [-0.1, -0.05) is 30.3 Å². The summed E-state index contributed by atoms with van der Waals surface area (Å²) in [6.45, 7) is 4.23. The lowest BCUT2D eigenvalue weighted by Crippen LogP contribution is -2.40. The van der Waals surface area contributed by atoms with Gasteiger partial charge in [-0.05, 0) is 56.5 Å². The van der Waals surface area contributed by atoms with E-state index in [1.165, 1.54) is 17.7 Å². The molecule has 0 saturated heterocycles. The van der Waals surface area contributed by atoms with Crippen LogP contribution in [0.5, 0.6) is 0 Å². The summed E-state index contributed by atoms with van der Waals surface area (Å²) >= 11 is 0. The molecule has 1 fully saturated rings. The van der Waals surface area contributed by atoms with Crippen LogP contribution >= 0.6 is 0 Å². The summed E-state index contributed by atoms with van der Waals surface area (Å²) in [7, 11) is 0. The minimum atomic E-state index is -0.231. The van der Waals surface area contributed by atoms with Gasteiger partial charge in [0.15, 0.2) is 5.82 Å². The first-order valence-electron chi connectivity index (χ1n) is 9.89. The van der Waals surface area contributed by atoms with Gasteiger partial charge in [0.25, 0.3) is 0 Å². The van der Waals surface area contributed by atoms with Gasteiger partial charge < -0.3 is 4.90 Å². The van der Waals surface area contributed by atoms with Crippen molar-refractivity contribution < 1.29 is 4.39 Å². The Hall–Kier alpha value is -2.95. The highest BCUT2D eigenvalue weighted by molar-refractivity contribution is 6.02. The fourth-order valence-electron chi connectivity index (χ4n) is 4.01. The maximum atomic E-state index is 13.6. The standard InChI is InChI=1S/C23H23FN4/c1-15(2)28-23-20(14-25-28)21(16-6-4-3-5-7-16)27(19-12-13-19)22(26-23)17-8-10-18(24)11-9-17/h3-11,14-15,19,21H,12-13H2,1-2H3. The van der Waals surface area contributed by atoms with E-state index >= 15 is 0 Å². The lowest BCUT2D eigenvalue weighted by Gasteiger charge is -2.38. The van der Waals surface area contributed by atoms with Gasteiger partial charge in [0, 0.05) is 23.2 Å². The molecule has 3 aromatic rings. The zero-order valence-corrected chi connectivity index (χ0v) is 16.1. The number of benzene rings is 2. The molecule has 0 amide bonds. The molecular weight excluding hydrogens is 351 g/mol. The smallest absolute Gasteiger partial charge is 0.158 e. The molecule has 142 valence electrons. The molecule has 5 heteroatoms. The predicted molar refractivity (Wildman–Crippen MR) is 108 cm³/mol. The number of amidine groups is 1. The van der Waals surface area contributed by atoms with Gasteiger partial charge in [0.1, 0.15) is 11.7 Å². The van der Waals surface area contributed by atoms with Crippen molar-refractivity contribution in [2.24, 2.45) is 4.99 Å². The highest BCUT2D eigenvalue weighted by Crippen LogP contribution is 2.46. The Balaban J connectivity index is 1.74. The lowest BCUT2D eigenvalue weighted by atomic mass is 9.95. The lowest BCUT2D eigenvalue weighted by molar-refractivity contribution is 0.341. The summed E-state index contributed by atoms with van der Waals surface area (Å²) in [6, 6.07) is 17.9. The van der Waals surface area contributed by atoms with Crippen molar-refractivity contribution in [3.8, 4) is 0 Å².